The highest BCUT2D eigenvalue weighted by Crippen LogP contribution is 2.26. The Kier molecular flexibility index (Phi) is 3.81. The number of aliphatic imine (C=N–C) groups is 1. The molecule has 2 heterocycles. The number of rotatable bonds is 3. The molecule has 4 nitrogen and oxygen atoms in total. The zero-order valence-corrected chi connectivity index (χ0v) is 13.3. The highest BCUT2D eigenvalue weighted by molar-refractivity contribution is 6.33. The van der Waals surface area contributed by atoms with Crippen LogP contribution in [0.5, 0.6) is 0 Å². The molecule has 116 valence electrons. The fourth-order valence-electron chi connectivity index (χ4n) is 2.33. The molecule has 0 fully saturated rings. The number of pyridine rings is 1. The van der Waals surface area contributed by atoms with Gasteiger partial charge in [0.05, 0.1) is 11.3 Å². The van der Waals surface area contributed by atoms with E-state index in [-0.39, 0.29) is 0 Å². The maximum Gasteiger partial charge on any atom is 0.228 e. The molecule has 0 saturated heterocycles. The number of halogens is 1. The largest absolute Gasteiger partial charge is 0.436 e. The van der Waals surface area contributed by atoms with Gasteiger partial charge in [0.1, 0.15) is 5.52 Å². The summed E-state index contributed by atoms with van der Waals surface area (Å²) < 4.78 is 5.77. The topological polar surface area (TPSA) is 51.3 Å². The van der Waals surface area contributed by atoms with E-state index >= 15 is 0 Å². The summed E-state index contributed by atoms with van der Waals surface area (Å²) in [6.07, 6.45) is 5.18. The van der Waals surface area contributed by atoms with Crippen LogP contribution in [0.1, 0.15) is 5.56 Å². The third-order valence-electron chi connectivity index (χ3n) is 3.54. The van der Waals surface area contributed by atoms with E-state index in [1.165, 1.54) is 0 Å². The molecule has 0 unspecified atom stereocenters. The van der Waals surface area contributed by atoms with Crippen LogP contribution in [0.15, 0.2) is 76.4 Å². The number of hydrogen-bond donors (Lipinski definition) is 0. The Bertz CT molecular complexity index is 1030. The Balaban J connectivity index is 1.67. The third kappa shape index (κ3) is 2.92. The summed E-state index contributed by atoms with van der Waals surface area (Å²) in [5, 5.41) is 0.669. The van der Waals surface area contributed by atoms with E-state index in [9.17, 15) is 0 Å². The summed E-state index contributed by atoms with van der Waals surface area (Å²) in [7, 11) is 0. The smallest absolute Gasteiger partial charge is 0.228 e. The van der Waals surface area contributed by atoms with Gasteiger partial charge in [-0.1, -0.05) is 29.8 Å². The number of fused-ring (bicyclic) bond motifs is 1. The fourth-order valence-corrected chi connectivity index (χ4v) is 2.52. The van der Waals surface area contributed by atoms with E-state index in [0.717, 1.165) is 22.3 Å². The van der Waals surface area contributed by atoms with E-state index < -0.39 is 0 Å². The summed E-state index contributed by atoms with van der Waals surface area (Å²) in [5.41, 5.74) is 3.96. The van der Waals surface area contributed by atoms with Gasteiger partial charge in [-0.15, -0.1) is 0 Å². The van der Waals surface area contributed by atoms with Crippen LogP contribution in [0, 0.1) is 0 Å². The van der Waals surface area contributed by atoms with E-state index in [2.05, 4.69) is 15.0 Å². The molecule has 0 bridgehead atoms. The molecule has 4 rings (SSSR count). The van der Waals surface area contributed by atoms with E-state index in [1.807, 2.05) is 54.6 Å². The second kappa shape index (κ2) is 6.26. The van der Waals surface area contributed by atoms with Gasteiger partial charge in [-0.3, -0.25) is 9.98 Å². The molecule has 2 aromatic carbocycles. The number of nitrogens with zero attached hydrogens (tertiary/aromatic N) is 3. The molecule has 2 aromatic heterocycles. The van der Waals surface area contributed by atoms with Crippen molar-refractivity contribution in [2.45, 2.75) is 0 Å². The first-order valence-electron chi connectivity index (χ1n) is 7.39. The zero-order chi connectivity index (χ0) is 16.4. The van der Waals surface area contributed by atoms with Crippen molar-refractivity contribution in [2.75, 3.05) is 0 Å². The number of benzene rings is 2. The number of oxazole rings is 1. The summed E-state index contributed by atoms with van der Waals surface area (Å²) in [6.45, 7) is 0. The summed E-state index contributed by atoms with van der Waals surface area (Å²) in [6, 6.07) is 17.0. The molecule has 0 saturated carbocycles. The van der Waals surface area contributed by atoms with Crippen molar-refractivity contribution in [1.29, 1.82) is 0 Å². The Morgan fingerprint density at radius 1 is 1.04 bits per heavy atom. The molecule has 0 amide bonds. The summed E-state index contributed by atoms with van der Waals surface area (Å²) in [4.78, 5) is 13.1. The van der Waals surface area contributed by atoms with Gasteiger partial charge in [0, 0.05) is 29.2 Å². The molecular formula is C19H12ClN3O. The monoisotopic (exact) mass is 333 g/mol. The van der Waals surface area contributed by atoms with Gasteiger partial charge in [-0.25, -0.2) is 4.98 Å². The van der Waals surface area contributed by atoms with Crippen molar-refractivity contribution in [1.82, 2.24) is 9.97 Å². The van der Waals surface area contributed by atoms with Crippen LogP contribution < -0.4 is 0 Å². The van der Waals surface area contributed by atoms with Gasteiger partial charge in [-0.2, -0.15) is 0 Å². The van der Waals surface area contributed by atoms with Gasteiger partial charge in [0.2, 0.25) is 5.89 Å². The third-order valence-corrected chi connectivity index (χ3v) is 3.88. The van der Waals surface area contributed by atoms with Crippen molar-refractivity contribution in [3.8, 4) is 11.5 Å². The molecule has 0 atom stereocenters. The number of hydrogen-bond acceptors (Lipinski definition) is 4. The quantitative estimate of drug-likeness (QED) is 0.478. The Morgan fingerprint density at radius 2 is 1.96 bits per heavy atom. The SMILES string of the molecule is Clc1ccccc1C=Nc1ccc2oc(-c3cccnc3)nc2c1. The first kappa shape index (κ1) is 14.6. The molecule has 24 heavy (non-hydrogen) atoms. The average molecular weight is 334 g/mol. The minimum Gasteiger partial charge on any atom is -0.436 e. The van der Waals surface area contributed by atoms with Crippen molar-refractivity contribution in [2.24, 2.45) is 4.99 Å². The lowest BCUT2D eigenvalue weighted by Crippen LogP contribution is -1.81. The van der Waals surface area contributed by atoms with Crippen molar-refractivity contribution < 1.29 is 4.42 Å². The minimum absolute atomic E-state index is 0.547. The van der Waals surface area contributed by atoms with E-state index in [4.69, 9.17) is 16.0 Å². The lowest BCUT2D eigenvalue weighted by molar-refractivity contribution is 0.619. The Hall–Kier alpha value is -2.98. The van der Waals surface area contributed by atoms with Crippen LogP contribution in [0.2, 0.25) is 5.02 Å². The van der Waals surface area contributed by atoms with Crippen LogP contribution in [0.4, 0.5) is 5.69 Å². The van der Waals surface area contributed by atoms with Crippen LogP contribution in [-0.4, -0.2) is 16.2 Å². The maximum absolute atomic E-state index is 6.13. The average Bonchev–Trinajstić information content (AvgIpc) is 3.05. The van der Waals surface area contributed by atoms with Crippen LogP contribution in [-0.2, 0) is 0 Å². The Morgan fingerprint density at radius 3 is 2.79 bits per heavy atom. The zero-order valence-electron chi connectivity index (χ0n) is 12.6. The molecule has 4 aromatic rings. The van der Waals surface area contributed by atoms with Crippen molar-refractivity contribution in [3.05, 3.63) is 77.6 Å². The molecule has 0 spiro atoms. The Labute approximate surface area is 143 Å². The first-order valence-corrected chi connectivity index (χ1v) is 7.77. The molecule has 0 aliphatic carbocycles. The van der Waals surface area contributed by atoms with Gasteiger partial charge in [0.25, 0.3) is 0 Å². The van der Waals surface area contributed by atoms with Gasteiger partial charge < -0.3 is 4.42 Å². The highest BCUT2D eigenvalue weighted by atomic mass is 35.5. The first-order chi connectivity index (χ1) is 11.8. The van der Waals surface area contributed by atoms with Gasteiger partial charge in [-0.05, 0) is 36.4 Å². The molecule has 0 aliphatic heterocycles. The molecule has 0 aliphatic rings. The maximum atomic E-state index is 6.13. The summed E-state index contributed by atoms with van der Waals surface area (Å²) in [5.74, 6) is 0.547. The van der Waals surface area contributed by atoms with Crippen LogP contribution in [0.3, 0.4) is 0 Å². The highest BCUT2D eigenvalue weighted by Gasteiger charge is 2.08. The molecule has 5 heteroatoms. The van der Waals surface area contributed by atoms with Gasteiger partial charge >= 0.3 is 0 Å². The standard InChI is InChI=1S/C19H12ClN3O/c20-16-6-2-1-4-13(16)12-22-15-7-8-18-17(10-15)23-19(24-18)14-5-3-9-21-11-14/h1-12H. The molecule has 0 radical (unpaired) electrons. The predicted octanol–water partition coefficient (Wildman–Crippen LogP) is 5.29. The van der Waals surface area contributed by atoms with Crippen LogP contribution in [0.25, 0.3) is 22.6 Å². The predicted molar refractivity (Wildman–Crippen MR) is 95.9 cm³/mol. The molecular weight excluding hydrogens is 322 g/mol. The molecule has 0 N–H and O–H groups in total. The second-order valence-electron chi connectivity index (χ2n) is 5.19. The van der Waals surface area contributed by atoms with Crippen LogP contribution >= 0.6 is 11.6 Å². The van der Waals surface area contributed by atoms with Gasteiger partial charge in [0.15, 0.2) is 5.58 Å². The summed E-state index contributed by atoms with van der Waals surface area (Å²) >= 11 is 6.13. The second-order valence-corrected chi connectivity index (χ2v) is 5.60. The van der Waals surface area contributed by atoms with E-state index in [0.29, 0.717) is 16.5 Å². The minimum atomic E-state index is 0.547. The lowest BCUT2D eigenvalue weighted by atomic mass is 10.2. The van der Waals surface area contributed by atoms with Crippen molar-refractivity contribution >= 4 is 34.6 Å². The fraction of sp³-hybridized carbons (Fsp3) is 0. The lowest BCUT2D eigenvalue weighted by Gasteiger charge is -1.96. The van der Waals surface area contributed by atoms with E-state index in [1.54, 1.807) is 18.6 Å². The normalized spacial score (nSPS) is 11.4. The van der Waals surface area contributed by atoms with Crippen molar-refractivity contribution in [3.63, 3.8) is 0 Å². The number of aromatic nitrogens is 2.